The molecule has 4 heteroatoms. The molecule has 3 nitrogen and oxygen atoms in total. The van der Waals surface area contributed by atoms with Crippen LogP contribution in [0.5, 0.6) is 0 Å². The summed E-state index contributed by atoms with van der Waals surface area (Å²) in [6.07, 6.45) is 2.87. The van der Waals surface area contributed by atoms with Crippen molar-refractivity contribution in [3.8, 4) is 0 Å². The van der Waals surface area contributed by atoms with Crippen molar-refractivity contribution >= 4 is 11.6 Å². The smallest absolute Gasteiger partial charge is 0.133 e. The van der Waals surface area contributed by atoms with Gasteiger partial charge in [0.1, 0.15) is 5.15 Å². The molecular weight excluding hydrogens is 212 g/mol. The van der Waals surface area contributed by atoms with Crippen LogP contribution in [0.2, 0.25) is 5.15 Å². The Morgan fingerprint density at radius 1 is 1.60 bits per heavy atom. The third-order valence-corrected chi connectivity index (χ3v) is 2.95. The average Bonchev–Trinajstić information content (AvgIpc) is 2.74. The zero-order chi connectivity index (χ0) is 10.5. The Balaban J connectivity index is 1.75. The maximum absolute atomic E-state index is 5.94. The Morgan fingerprint density at radius 2 is 2.53 bits per heavy atom. The van der Waals surface area contributed by atoms with Crippen molar-refractivity contribution in [2.75, 3.05) is 19.8 Å². The Labute approximate surface area is 94.8 Å². The second-order valence-electron chi connectivity index (χ2n) is 3.81. The Hall–Kier alpha value is -0.640. The van der Waals surface area contributed by atoms with Gasteiger partial charge in [-0.1, -0.05) is 17.7 Å². The van der Waals surface area contributed by atoms with Crippen LogP contribution in [0.4, 0.5) is 0 Å². The van der Waals surface area contributed by atoms with Crippen LogP contribution in [-0.4, -0.2) is 24.7 Å². The lowest BCUT2D eigenvalue weighted by molar-refractivity contribution is 0.185. The lowest BCUT2D eigenvalue weighted by Crippen LogP contribution is -2.22. The van der Waals surface area contributed by atoms with Gasteiger partial charge in [-0.3, -0.25) is 0 Å². The first kappa shape index (κ1) is 10.9. The number of ether oxygens (including phenoxy) is 1. The van der Waals surface area contributed by atoms with E-state index in [1.807, 2.05) is 12.1 Å². The van der Waals surface area contributed by atoms with Crippen molar-refractivity contribution < 1.29 is 4.74 Å². The predicted molar refractivity (Wildman–Crippen MR) is 59.9 cm³/mol. The molecule has 0 aliphatic carbocycles. The lowest BCUT2D eigenvalue weighted by Gasteiger charge is -2.09. The standard InChI is InChI=1S/C11H15ClN2O/c12-11-10(2-1-4-14-11)7-13-6-9-3-5-15-8-9/h1-2,4,9,13H,3,5-8H2. The van der Waals surface area contributed by atoms with Crippen molar-refractivity contribution in [2.24, 2.45) is 5.92 Å². The number of rotatable bonds is 4. The monoisotopic (exact) mass is 226 g/mol. The van der Waals surface area contributed by atoms with Crippen LogP contribution >= 0.6 is 11.6 Å². The van der Waals surface area contributed by atoms with Crippen molar-refractivity contribution in [1.82, 2.24) is 10.3 Å². The zero-order valence-corrected chi connectivity index (χ0v) is 9.33. The summed E-state index contributed by atoms with van der Waals surface area (Å²) in [5.74, 6) is 0.653. The topological polar surface area (TPSA) is 34.2 Å². The fourth-order valence-electron chi connectivity index (χ4n) is 1.71. The highest BCUT2D eigenvalue weighted by molar-refractivity contribution is 6.30. The molecule has 1 saturated heterocycles. The fraction of sp³-hybridized carbons (Fsp3) is 0.545. The van der Waals surface area contributed by atoms with E-state index >= 15 is 0 Å². The summed E-state index contributed by atoms with van der Waals surface area (Å²) in [7, 11) is 0. The molecule has 1 atom stereocenters. The summed E-state index contributed by atoms with van der Waals surface area (Å²) in [5, 5.41) is 3.97. The minimum absolute atomic E-state index is 0.590. The lowest BCUT2D eigenvalue weighted by atomic mass is 10.1. The van der Waals surface area contributed by atoms with Gasteiger partial charge in [0.05, 0.1) is 6.61 Å². The van der Waals surface area contributed by atoms with Gasteiger partial charge < -0.3 is 10.1 Å². The molecule has 0 amide bonds. The summed E-state index contributed by atoms with van der Waals surface area (Å²) >= 11 is 5.94. The first-order chi connectivity index (χ1) is 7.36. The van der Waals surface area contributed by atoms with Gasteiger partial charge in [0.2, 0.25) is 0 Å². The average molecular weight is 227 g/mol. The highest BCUT2D eigenvalue weighted by Crippen LogP contribution is 2.13. The van der Waals surface area contributed by atoms with Gasteiger partial charge in [0.15, 0.2) is 0 Å². The fourth-order valence-corrected chi connectivity index (χ4v) is 1.89. The maximum Gasteiger partial charge on any atom is 0.133 e. The third-order valence-electron chi connectivity index (χ3n) is 2.61. The Bertz CT molecular complexity index is 313. The number of hydrogen-bond acceptors (Lipinski definition) is 3. The van der Waals surface area contributed by atoms with Gasteiger partial charge in [-0.25, -0.2) is 4.98 Å². The molecule has 2 heterocycles. The largest absolute Gasteiger partial charge is 0.381 e. The summed E-state index contributed by atoms with van der Waals surface area (Å²) in [5.41, 5.74) is 1.05. The highest BCUT2D eigenvalue weighted by atomic mass is 35.5. The molecular formula is C11H15ClN2O. The zero-order valence-electron chi connectivity index (χ0n) is 8.58. The normalized spacial score (nSPS) is 20.7. The number of hydrogen-bond donors (Lipinski definition) is 1. The van der Waals surface area contributed by atoms with E-state index in [-0.39, 0.29) is 0 Å². The SMILES string of the molecule is Clc1ncccc1CNCC1CCOC1. The minimum Gasteiger partial charge on any atom is -0.381 e. The van der Waals surface area contributed by atoms with Crippen LogP contribution in [0, 0.1) is 5.92 Å². The van der Waals surface area contributed by atoms with E-state index in [1.165, 1.54) is 0 Å². The quantitative estimate of drug-likeness (QED) is 0.796. The van der Waals surface area contributed by atoms with Crippen molar-refractivity contribution in [3.05, 3.63) is 29.0 Å². The van der Waals surface area contributed by atoms with E-state index in [0.717, 1.165) is 38.3 Å². The first-order valence-corrected chi connectivity index (χ1v) is 5.62. The molecule has 1 N–H and O–H groups in total. The molecule has 1 aromatic heterocycles. The van der Waals surface area contributed by atoms with Crippen molar-refractivity contribution in [3.63, 3.8) is 0 Å². The molecule has 1 fully saturated rings. The molecule has 15 heavy (non-hydrogen) atoms. The molecule has 0 aromatic carbocycles. The highest BCUT2D eigenvalue weighted by Gasteiger charge is 2.14. The van der Waals surface area contributed by atoms with Crippen LogP contribution in [0.25, 0.3) is 0 Å². The second-order valence-corrected chi connectivity index (χ2v) is 4.17. The summed E-state index contributed by atoms with van der Waals surface area (Å²) < 4.78 is 5.31. The molecule has 1 aliphatic rings. The molecule has 0 spiro atoms. The van der Waals surface area contributed by atoms with Gasteiger partial charge in [-0.15, -0.1) is 0 Å². The van der Waals surface area contributed by atoms with Crippen LogP contribution in [0.1, 0.15) is 12.0 Å². The number of nitrogens with one attached hydrogen (secondary N) is 1. The van der Waals surface area contributed by atoms with Crippen molar-refractivity contribution in [1.29, 1.82) is 0 Å². The molecule has 82 valence electrons. The number of halogens is 1. The molecule has 1 aliphatic heterocycles. The van der Waals surface area contributed by atoms with E-state index in [1.54, 1.807) is 6.20 Å². The van der Waals surface area contributed by atoms with Crippen LogP contribution in [0.15, 0.2) is 18.3 Å². The summed E-state index contributed by atoms with van der Waals surface area (Å²) in [6.45, 7) is 3.56. The summed E-state index contributed by atoms with van der Waals surface area (Å²) in [4.78, 5) is 4.03. The van der Waals surface area contributed by atoms with Gasteiger partial charge in [-0.2, -0.15) is 0 Å². The molecule has 2 rings (SSSR count). The number of pyridine rings is 1. The van der Waals surface area contributed by atoms with E-state index in [9.17, 15) is 0 Å². The van der Waals surface area contributed by atoms with Crippen LogP contribution < -0.4 is 5.32 Å². The van der Waals surface area contributed by atoms with E-state index in [0.29, 0.717) is 11.1 Å². The molecule has 1 aromatic rings. The molecule has 0 bridgehead atoms. The Morgan fingerprint density at radius 3 is 3.27 bits per heavy atom. The molecule has 1 unspecified atom stereocenters. The van der Waals surface area contributed by atoms with E-state index in [4.69, 9.17) is 16.3 Å². The van der Waals surface area contributed by atoms with E-state index < -0.39 is 0 Å². The molecule has 0 radical (unpaired) electrons. The van der Waals surface area contributed by atoms with Gasteiger partial charge in [0, 0.05) is 31.5 Å². The van der Waals surface area contributed by atoms with Gasteiger partial charge in [0.25, 0.3) is 0 Å². The number of nitrogens with zero attached hydrogens (tertiary/aromatic N) is 1. The van der Waals surface area contributed by atoms with Crippen LogP contribution in [0.3, 0.4) is 0 Å². The summed E-state index contributed by atoms with van der Waals surface area (Å²) in [6, 6.07) is 3.90. The predicted octanol–water partition coefficient (Wildman–Crippen LogP) is 1.86. The first-order valence-electron chi connectivity index (χ1n) is 5.24. The van der Waals surface area contributed by atoms with E-state index in [2.05, 4.69) is 10.3 Å². The third kappa shape index (κ3) is 3.16. The maximum atomic E-state index is 5.94. The Kier molecular flexibility index (Phi) is 3.94. The second kappa shape index (κ2) is 5.45. The van der Waals surface area contributed by atoms with Gasteiger partial charge >= 0.3 is 0 Å². The number of aromatic nitrogens is 1. The van der Waals surface area contributed by atoms with Crippen LogP contribution in [-0.2, 0) is 11.3 Å². The molecule has 0 saturated carbocycles. The minimum atomic E-state index is 0.590. The van der Waals surface area contributed by atoms with Crippen molar-refractivity contribution in [2.45, 2.75) is 13.0 Å². The van der Waals surface area contributed by atoms with Gasteiger partial charge in [-0.05, 0) is 18.4 Å².